The molecule has 0 bridgehead atoms. The number of benzene rings is 1. The molecule has 0 saturated carbocycles. The number of hydrogen-bond acceptors (Lipinski definition) is 4. The zero-order valence-corrected chi connectivity index (χ0v) is 16.5. The molecular weight excluding hydrogens is 393 g/mol. The smallest absolute Gasteiger partial charge is 0.146 e. The van der Waals surface area contributed by atoms with Crippen molar-refractivity contribution < 1.29 is 4.39 Å². The standard InChI is InChI=1S/C20H17ClFN7/c1-27-12-16(19(26-27)13-3-5-15(22)6-4-13)17-7-8-18(23)29(25-17)10-9-14-11-24-28(2)20(14)21/h3-12,23H,1-2H3/b10-9+,23-18?. The third kappa shape index (κ3) is 3.74. The maximum Gasteiger partial charge on any atom is 0.146 e. The molecule has 9 heteroatoms. The lowest BCUT2D eigenvalue weighted by atomic mass is 10.1. The van der Waals surface area contributed by atoms with Crippen LogP contribution in [-0.2, 0) is 14.1 Å². The van der Waals surface area contributed by atoms with Crippen molar-refractivity contribution in [3.63, 3.8) is 0 Å². The number of halogens is 2. The maximum atomic E-state index is 13.3. The number of nitrogens with zero attached hydrogens (tertiary/aromatic N) is 6. The summed E-state index contributed by atoms with van der Waals surface area (Å²) in [4.78, 5) is 0. The lowest BCUT2D eigenvalue weighted by Crippen LogP contribution is -2.17. The molecule has 1 N–H and O–H groups in total. The monoisotopic (exact) mass is 409 g/mol. The summed E-state index contributed by atoms with van der Waals surface area (Å²) in [5, 5.41) is 21.8. The zero-order chi connectivity index (χ0) is 20.5. The molecule has 0 aliphatic rings. The van der Waals surface area contributed by atoms with E-state index in [-0.39, 0.29) is 11.3 Å². The first-order chi connectivity index (χ1) is 13.9. The van der Waals surface area contributed by atoms with Crippen LogP contribution in [-0.4, -0.2) is 29.3 Å². The van der Waals surface area contributed by atoms with Crippen LogP contribution in [0.3, 0.4) is 0 Å². The van der Waals surface area contributed by atoms with E-state index >= 15 is 0 Å². The van der Waals surface area contributed by atoms with E-state index in [4.69, 9.17) is 17.0 Å². The first-order valence-corrected chi connectivity index (χ1v) is 9.10. The minimum Gasteiger partial charge on any atom is -0.283 e. The molecule has 3 heterocycles. The largest absolute Gasteiger partial charge is 0.283 e. The summed E-state index contributed by atoms with van der Waals surface area (Å²) in [7, 11) is 3.56. The molecule has 0 aliphatic heterocycles. The topological polar surface area (TPSA) is 77.3 Å². The van der Waals surface area contributed by atoms with Crippen LogP contribution in [0.2, 0.25) is 5.15 Å². The summed E-state index contributed by atoms with van der Waals surface area (Å²) in [6.07, 6.45) is 6.88. The molecule has 0 unspecified atom stereocenters. The van der Waals surface area contributed by atoms with Gasteiger partial charge in [-0.05, 0) is 42.5 Å². The van der Waals surface area contributed by atoms with Crippen LogP contribution in [0, 0.1) is 11.2 Å². The number of aromatic nitrogens is 6. The van der Waals surface area contributed by atoms with E-state index in [9.17, 15) is 4.39 Å². The molecule has 0 spiro atoms. The molecule has 0 radical (unpaired) electrons. The van der Waals surface area contributed by atoms with Crippen molar-refractivity contribution in [2.24, 2.45) is 14.1 Å². The third-order valence-electron chi connectivity index (χ3n) is 4.37. The molecule has 3 aromatic heterocycles. The summed E-state index contributed by atoms with van der Waals surface area (Å²) >= 11 is 6.18. The lowest BCUT2D eigenvalue weighted by molar-refractivity contribution is 0.628. The second-order valence-corrected chi connectivity index (χ2v) is 6.81. The minimum absolute atomic E-state index is 0.206. The Morgan fingerprint density at radius 2 is 1.83 bits per heavy atom. The molecule has 0 fully saturated rings. The van der Waals surface area contributed by atoms with Gasteiger partial charge in [0, 0.05) is 43.2 Å². The first kappa shape index (κ1) is 18.8. The van der Waals surface area contributed by atoms with Crippen molar-refractivity contribution in [2.75, 3.05) is 0 Å². The zero-order valence-electron chi connectivity index (χ0n) is 15.7. The van der Waals surface area contributed by atoms with Crippen LogP contribution in [0.25, 0.3) is 34.8 Å². The van der Waals surface area contributed by atoms with Crippen molar-refractivity contribution >= 4 is 23.9 Å². The van der Waals surface area contributed by atoms with E-state index in [2.05, 4.69) is 15.3 Å². The summed E-state index contributed by atoms with van der Waals surface area (Å²) in [5.74, 6) is -0.306. The van der Waals surface area contributed by atoms with E-state index < -0.39 is 0 Å². The van der Waals surface area contributed by atoms with E-state index in [1.165, 1.54) is 16.8 Å². The van der Waals surface area contributed by atoms with Crippen molar-refractivity contribution in [1.29, 1.82) is 5.41 Å². The Hall–Kier alpha value is -3.52. The van der Waals surface area contributed by atoms with E-state index in [1.54, 1.807) is 59.1 Å². The van der Waals surface area contributed by atoms with Gasteiger partial charge < -0.3 is 0 Å². The molecule has 0 saturated heterocycles. The average molecular weight is 410 g/mol. The lowest BCUT2D eigenvalue weighted by Gasteiger charge is -2.05. The highest BCUT2D eigenvalue weighted by Gasteiger charge is 2.14. The fourth-order valence-electron chi connectivity index (χ4n) is 2.89. The van der Waals surface area contributed by atoms with Crippen molar-refractivity contribution in [3.05, 3.63) is 70.8 Å². The molecule has 0 atom stereocenters. The van der Waals surface area contributed by atoms with Gasteiger partial charge in [-0.1, -0.05) is 11.6 Å². The normalized spacial score (nSPS) is 11.4. The van der Waals surface area contributed by atoms with E-state index in [0.29, 0.717) is 16.5 Å². The predicted octanol–water partition coefficient (Wildman–Crippen LogP) is 3.58. The Labute approximate surface area is 170 Å². The van der Waals surface area contributed by atoms with Crippen LogP contribution in [0.4, 0.5) is 4.39 Å². The van der Waals surface area contributed by atoms with Gasteiger partial charge in [0.15, 0.2) is 0 Å². The number of nitrogens with one attached hydrogen (secondary N) is 1. The highest BCUT2D eigenvalue weighted by molar-refractivity contribution is 6.31. The molecule has 4 rings (SSSR count). The number of aryl methyl sites for hydroxylation is 2. The Kier molecular flexibility index (Phi) is 4.85. The van der Waals surface area contributed by atoms with Gasteiger partial charge in [-0.3, -0.25) is 14.8 Å². The second-order valence-electron chi connectivity index (χ2n) is 6.45. The number of rotatable bonds is 4. The molecule has 0 aliphatic carbocycles. The summed E-state index contributed by atoms with van der Waals surface area (Å²) in [6, 6.07) is 9.56. The molecule has 0 amide bonds. The molecular formula is C20H17ClFN7. The van der Waals surface area contributed by atoms with Crippen LogP contribution >= 0.6 is 11.6 Å². The van der Waals surface area contributed by atoms with Gasteiger partial charge >= 0.3 is 0 Å². The SMILES string of the molecule is Cn1cc(-c2ccc(=N)n(/C=C/c3cnn(C)c3Cl)n2)c(-c2ccc(F)cc2)n1. The van der Waals surface area contributed by atoms with Crippen LogP contribution < -0.4 is 5.49 Å². The van der Waals surface area contributed by atoms with E-state index in [1.807, 2.05) is 13.2 Å². The molecule has 29 heavy (non-hydrogen) atoms. The maximum absolute atomic E-state index is 13.3. The first-order valence-electron chi connectivity index (χ1n) is 8.72. The van der Waals surface area contributed by atoms with E-state index in [0.717, 1.165) is 16.7 Å². The Balaban J connectivity index is 1.76. The van der Waals surface area contributed by atoms with Crippen molar-refractivity contribution in [3.8, 4) is 22.5 Å². The minimum atomic E-state index is -0.306. The van der Waals surface area contributed by atoms with Gasteiger partial charge in [0.05, 0.1) is 11.9 Å². The quantitative estimate of drug-likeness (QED) is 0.559. The predicted molar refractivity (Wildman–Crippen MR) is 109 cm³/mol. The van der Waals surface area contributed by atoms with Crippen LogP contribution in [0.1, 0.15) is 5.56 Å². The highest BCUT2D eigenvalue weighted by Crippen LogP contribution is 2.29. The Bertz CT molecular complexity index is 1260. The number of hydrogen-bond donors (Lipinski definition) is 1. The van der Waals surface area contributed by atoms with Gasteiger partial charge in [0.25, 0.3) is 0 Å². The van der Waals surface area contributed by atoms with Gasteiger partial charge in [-0.15, -0.1) is 0 Å². The van der Waals surface area contributed by atoms with Gasteiger partial charge in [0.1, 0.15) is 22.2 Å². The third-order valence-corrected chi connectivity index (χ3v) is 4.83. The van der Waals surface area contributed by atoms with Crippen molar-refractivity contribution in [1.82, 2.24) is 29.3 Å². The summed E-state index contributed by atoms with van der Waals surface area (Å²) in [5.41, 5.74) is 3.81. The average Bonchev–Trinajstić information content (AvgIpc) is 3.25. The van der Waals surface area contributed by atoms with Crippen LogP contribution in [0.5, 0.6) is 0 Å². The van der Waals surface area contributed by atoms with Crippen LogP contribution in [0.15, 0.2) is 48.8 Å². The van der Waals surface area contributed by atoms with Gasteiger partial charge in [-0.25, -0.2) is 9.07 Å². The van der Waals surface area contributed by atoms with Gasteiger partial charge in [-0.2, -0.15) is 15.3 Å². The Morgan fingerprint density at radius 1 is 1.07 bits per heavy atom. The highest BCUT2D eigenvalue weighted by atomic mass is 35.5. The Morgan fingerprint density at radius 3 is 2.52 bits per heavy atom. The molecule has 146 valence electrons. The molecule has 1 aromatic carbocycles. The molecule has 7 nitrogen and oxygen atoms in total. The fraction of sp³-hybridized carbons (Fsp3) is 0.100. The summed E-state index contributed by atoms with van der Waals surface area (Å²) in [6.45, 7) is 0. The molecule has 4 aromatic rings. The fourth-order valence-corrected chi connectivity index (χ4v) is 3.05. The summed E-state index contributed by atoms with van der Waals surface area (Å²) < 4.78 is 18.0. The van der Waals surface area contributed by atoms with Gasteiger partial charge in [0.2, 0.25) is 0 Å². The second kappa shape index (κ2) is 7.48. The van der Waals surface area contributed by atoms with Crippen molar-refractivity contribution in [2.45, 2.75) is 0 Å².